The Balaban J connectivity index is 1.41. The molecule has 29 heavy (non-hydrogen) atoms. The smallest absolute Gasteiger partial charge is 0.267 e. The lowest BCUT2D eigenvalue weighted by molar-refractivity contribution is 0.0925. The van der Waals surface area contributed by atoms with E-state index < -0.39 is 6.04 Å². The molecule has 1 fully saturated rings. The summed E-state index contributed by atoms with van der Waals surface area (Å²) < 4.78 is 10.4. The summed E-state index contributed by atoms with van der Waals surface area (Å²) in [5.74, 6) is 0.302. The van der Waals surface area contributed by atoms with Gasteiger partial charge in [-0.05, 0) is 30.3 Å². The molecule has 1 aliphatic heterocycles. The van der Waals surface area contributed by atoms with E-state index in [2.05, 4.69) is 15.5 Å². The van der Waals surface area contributed by atoms with Crippen LogP contribution in [0.3, 0.4) is 0 Å². The topological polar surface area (TPSA) is 95.4 Å². The zero-order valence-corrected chi connectivity index (χ0v) is 15.4. The van der Waals surface area contributed by atoms with E-state index in [0.717, 1.165) is 5.52 Å². The van der Waals surface area contributed by atoms with Crippen LogP contribution in [0.5, 0.6) is 0 Å². The van der Waals surface area contributed by atoms with E-state index in [1.807, 2.05) is 34.9 Å². The summed E-state index contributed by atoms with van der Waals surface area (Å²) in [6.07, 6.45) is 7.05. The fraction of sp³-hybridized carbons (Fsp3) is 0.200. The van der Waals surface area contributed by atoms with Crippen LogP contribution < -0.4 is 10.9 Å². The maximum Gasteiger partial charge on any atom is 0.267 e. The van der Waals surface area contributed by atoms with Crippen LogP contribution in [0.25, 0.3) is 11.3 Å². The van der Waals surface area contributed by atoms with Crippen molar-refractivity contribution in [3.05, 3.63) is 83.2 Å². The summed E-state index contributed by atoms with van der Waals surface area (Å²) in [7, 11) is 0. The minimum atomic E-state index is -0.404. The maximum absolute atomic E-state index is 12.8. The molecule has 1 aliphatic rings. The van der Waals surface area contributed by atoms with E-state index in [4.69, 9.17) is 4.74 Å². The fourth-order valence-corrected chi connectivity index (χ4v) is 3.53. The number of ether oxygens (including phenoxy) is 1. The molecule has 9 heteroatoms. The number of carbonyl (C=O) groups is 1. The fourth-order valence-electron chi connectivity index (χ4n) is 3.53. The van der Waals surface area contributed by atoms with Crippen LogP contribution in [0.2, 0.25) is 0 Å². The number of amides is 1. The summed E-state index contributed by atoms with van der Waals surface area (Å²) in [4.78, 5) is 25.2. The Morgan fingerprint density at radius 1 is 1.14 bits per heavy atom. The average Bonchev–Trinajstić information content (AvgIpc) is 3.48. The van der Waals surface area contributed by atoms with Gasteiger partial charge < -0.3 is 14.5 Å². The highest BCUT2D eigenvalue weighted by Crippen LogP contribution is 2.19. The molecule has 0 aliphatic carbocycles. The van der Waals surface area contributed by atoms with E-state index in [0.29, 0.717) is 18.0 Å². The van der Waals surface area contributed by atoms with Gasteiger partial charge in [0.2, 0.25) is 0 Å². The molecule has 5 heterocycles. The molecule has 4 aromatic heterocycles. The predicted octanol–water partition coefficient (Wildman–Crippen LogP) is 1.05. The highest BCUT2D eigenvalue weighted by Gasteiger charge is 2.33. The molecule has 0 spiro atoms. The summed E-state index contributed by atoms with van der Waals surface area (Å²) in [6, 6.07) is 11.6. The number of hydrogen-bond donors (Lipinski definition) is 1. The van der Waals surface area contributed by atoms with Crippen LogP contribution in [0.4, 0.5) is 0 Å². The molecule has 1 amide bonds. The molecular formula is C20H18N6O3. The largest absolute Gasteiger partial charge is 0.377 e. The minimum absolute atomic E-state index is 0.217. The van der Waals surface area contributed by atoms with Gasteiger partial charge in [-0.1, -0.05) is 6.07 Å². The van der Waals surface area contributed by atoms with E-state index in [9.17, 15) is 9.59 Å². The van der Waals surface area contributed by atoms with Gasteiger partial charge in [0.25, 0.3) is 11.5 Å². The minimum Gasteiger partial charge on any atom is -0.377 e. The van der Waals surface area contributed by atoms with Crippen molar-refractivity contribution in [1.82, 2.24) is 29.3 Å². The number of carbonyl (C=O) groups excluding carboxylic acids is 1. The quantitative estimate of drug-likeness (QED) is 0.562. The first-order valence-corrected chi connectivity index (χ1v) is 9.24. The standard InChI is InChI=1S/C20H18N6O3/c27-19-6-5-18(25-9-3-7-21-25)23-26(19)17-13-29-12-16(17)22-20(28)14-10-15-4-1-2-8-24(15)11-14/h1-11,16-17H,12-13H2,(H,22,28). The van der Waals surface area contributed by atoms with E-state index in [1.54, 1.807) is 35.4 Å². The molecule has 4 aromatic rings. The number of fused-ring (bicyclic) bond motifs is 1. The Morgan fingerprint density at radius 2 is 2.07 bits per heavy atom. The number of nitrogens with zero attached hydrogens (tertiary/aromatic N) is 5. The molecule has 5 rings (SSSR count). The molecule has 1 saturated heterocycles. The Bertz CT molecular complexity index is 1190. The molecule has 0 bridgehead atoms. The lowest BCUT2D eigenvalue weighted by atomic mass is 10.1. The van der Waals surface area contributed by atoms with Crippen molar-refractivity contribution in [2.45, 2.75) is 12.1 Å². The molecule has 2 atom stereocenters. The van der Waals surface area contributed by atoms with Crippen LogP contribution >= 0.6 is 0 Å². The third-order valence-corrected chi connectivity index (χ3v) is 5.00. The van der Waals surface area contributed by atoms with Crippen LogP contribution in [-0.4, -0.2) is 49.1 Å². The number of pyridine rings is 1. The average molecular weight is 390 g/mol. The van der Waals surface area contributed by atoms with Crippen molar-refractivity contribution in [1.29, 1.82) is 0 Å². The normalized spacial score (nSPS) is 18.9. The van der Waals surface area contributed by atoms with Gasteiger partial charge in [-0.25, -0.2) is 9.36 Å². The zero-order valence-electron chi connectivity index (χ0n) is 15.4. The van der Waals surface area contributed by atoms with E-state index >= 15 is 0 Å². The molecule has 146 valence electrons. The number of nitrogens with one attached hydrogen (secondary N) is 1. The van der Waals surface area contributed by atoms with Gasteiger partial charge in [-0.2, -0.15) is 5.10 Å². The van der Waals surface area contributed by atoms with Crippen molar-refractivity contribution >= 4 is 11.4 Å². The second kappa shape index (κ2) is 7.02. The van der Waals surface area contributed by atoms with Gasteiger partial charge in [0.1, 0.15) is 6.04 Å². The Labute approximate surface area is 165 Å². The molecule has 9 nitrogen and oxygen atoms in total. The SMILES string of the molecule is O=C(NC1COCC1n1nc(-n2cccn2)ccc1=O)c1cc2ccccn2c1. The Hall–Kier alpha value is -3.72. The zero-order chi connectivity index (χ0) is 19.8. The number of aromatic nitrogens is 5. The van der Waals surface area contributed by atoms with Crippen molar-refractivity contribution in [2.24, 2.45) is 0 Å². The third-order valence-electron chi connectivity index (χ3n) is 5.00. The summed E-state index contributed by atoms with van der Waals surface area (Å²) in [5, 5.41) is 11.6. The number of rotatable bonds is 4. The predicted molar refractivity (Wildman–Crippen MR) is 104 cm³/mol. The summed E-state index contributed by atoms with van der Waals surface area (Å²) >= 11 is 0. The van der Waals surface area contributed by atoms with Crippen molar-refractivity contribution in [3.8, 4) is 5.82 Å². The summed E-state index contributed by atoms with van der Waals surface area (Å²) in [6.45, 7) is 0.599. The lowest BCUT2D eigenvalue weighted by Crippen LogP contribution is -2.44. The number of hydrogen-bond acceptors (Lipinski definition) is 5. The molecule has 2 unspecified atom stereocenters. The Kier molecular flexibility index (Phi) is 4.21. The van der Waals surface area contributed by atoms with Gasteiger partial charge in [0.15, 0.2) is 5.82 Å². The van der Waals surface area contributed by atoms with E-state index in [-0.39, 0.29) is 24.1 Å². The second-order valence-electron chi connectivity index (χ2n) is 6.87. The molecule has 0 aromatic carbocycles. The third kappa shape index (κ3) is 3.21. The van der Waals surface area contributed by atoms with Gasteiger partial charge in [0.05, 0.1) is 24.8 Å². The van der Waals surface area contributed by atoms with Gasteiger partial charge >= 0.3 is 0 Å². The van der Waals surface area contributed by atoms with Crippen molar-refractivity contribution < 1.29 is 9.53 Å². The monoisotopic (exact) mass is 390 g/mol. The summed E-state index contributed by atoms with van der Waals surface area (Å²) in [5.41, 5.74) is 1.22. The first-order valence-electron chi connectivity index (χ1n) is 9.24. The Morgan fingerprint density at radius 3 is 2.90 bits per heavy atom. The van der Waals surface area contributed by atoms with Gasteiger partial charge in [-0.3, -0.25) is 9.59 Å². The molecular weight excluding hydrogens is 372 g/mol. The first-order chi connectivity index (χ1) is 14.2. The van der Waals surface area contributed by atoms with Crippen molar-refractivity contribution in [2.75, 3.05) is 13.2 Å². The van der Waals surface area contributed by atoms with Crippen LogP contribution in [0.1, 0.15) is 16.4 Å². The van der Waals surface area contributed by atoms with Crippen molar-refractivity contribution in [3.63, 3.8) is 0 Å². The molecule has 0 radical (unpaired) electrons. The van der Waals surface area contributed by atoms with Crippen LogP contribution in [-0.2, 0) is 4.74 Å². The van der Waals surface area contributed by atoms with E-state index in [1.165, 1.54) is 10.7 Å². The highest BCUT2D eigenvalue weighted by atomic mass is 16.5. The lowest BCUT2D eigenvalue weighted by Gasteiger charge is -2.20. The van der Waals surface area contributed by atoms with Gasteiger partial charge in [0, 0.05) is 36.4 Å². The van der Waals surface area contributed by atoms with Crippen LogP contribution in [0, 0.1) is 0 Å². The molecule has 1 N–H and O–H groups in total. The second-order valence-corrected chi connectivity index (χ2v) is 6.87. The maximum atomic E-state index is 12.8. The first kappa shape index (κ1) is 17.4. The van der Waals surface area contributed by atoms with Gasteiger partial charge in [-0.15, -0.1) is 5.10 Å². The van der Waals surface area contributed by atoms with Crippen LogP contribution in [0.15, 0.2) is 72.0 Å². The molecule has 0 saturated carbocycles. The highest BCUT2D eigenvalue weighted by molar-refractivity contribution is 5.95.